The van der Waals surface area contributed by atoms with Crippen molar-refractivity contribution in [2.75, 3.05) is 13.2 Å². The highest BCUT2D eigenvalue weighted by Gasteiger charge is 1.94. The fraction of sp³-hybridized carbons (Fsp3) is 0.786. The number of rotatable bonds is 12. The van der Waals surface area contributed by atoms with Crippen LogP contribution in [0.5, 0.6) is 0 Å². The van der Waals surface area contributed by atoms with Crippen LogP contribution in [0.3, 0.4) is 0 Å². The maximum absolute atomic E-state index is 10.8. The second-order valence-corrected chi connectivity index (χ2v) is 5.35. The highest BCUT2D eigenvalue weighted by Crippen LogP contribution is 2.06. The first-order chi connectivity index (χ1) is 9.31. The zero-order valence-corrected chi connectivity index (χ0v) is 13.0. The minimum absolute atomic E-state index is 0.129. The molecule has 0 aromatic carbocycles. The van der Waals surface area contributed by atoms with Crippen molar-refractivity contribution >= 4 is 17.0 Å². The van der Waals surface area contributed by atoms with E-state index in [2.05, 4.69) is 18.2 Å². The lowest BCUT2D eigenvalue weighted by atomic mass is 10.1. The van der Waals surface area contributed by atoms with Crippen LogP contribution < -0.4 is 11.3 Å². The summed E-state index contributed by atoms with van der Waals surface area (Å²) >= 11 is 1.12. The van der Waals surface area contributed by atoms with Gasteiger partial charge in [0.25, 0.3) is 0 Å². The van der Waals surface area contributed by atoms with Gasteiger partial charge in [0.15, 0.2) is 0 Å². The van der Waals surface area contributed by atoms with Gasteiger partial charge >= 0.3 is 5.24 Å². The Hall–Kier alpha value is -0.520. The summed E-state index contributed by atoms with van der Waals surface area (Å²) in [6, 6.07) is 0. The molecular formula is C14H29N2O2S+. The Morgan fingerprint density at radius 1 is 1.16 bits per heavy atom. The molecule has 0 aromatic rings. The van der Waals surface area contributed by atoms with Gasteiger partial charge < -0.3 is 4.74 Å². The fourth-order valence-electron chi connectivity index (χ4n) is 1.61. The van der Waals surface area contributed by atoms with Gasteiger partial charge in [-0.15, -0.1) is 0 Å². The van der Waals surface area contributed by atoms with Crippen molar-refractivity contribution in [2.45, 2.75) is 58.3 Å². The molecule has 5 heteroatoms. The van der Waals surface area contributed by atoms with E-state index in [9.17, 15) is 4.79 Å². The van der Waals surface area contributed by atoms with Crippen LogP contribution in [0.2, 0.25) is 0 Å². The van der Waals surface area contributed by atoms with Crippen LogP contribution in [0, 0.1) is 0 Å². The molecule has 0 atom stereocenters. The van der Waals surface area contributed by atoms with Crippen LogP contribution in [-0.4, -0.2) is 18.5 Å². The van der Waals surface area contributed by atoms with Crippen molar-refractivity contribution in [3.05, 3.63) is 11.5 Å². The molecule has 0 fully saturated rings. The van der Waals surface area contributed by atoms with Gasteiger partial charge in [0.05, 0.1) is 0 Å². The molecule has 0 spiro atoms. The van der Waals surface area contributed by atoms with Gasteiger partial charge in [-0.25, -0.2) is 0 Å². The average Bonchev–Trinajstić information content (AvgIpc) is 2.43. The second-order valence-electron chi connectivity index (χ2n) is 4.48. The maximum Gasteiger partial charge on any atom is 0.327 e. The Balaban J connectivity index is 3.08. The molecule has 0 unspecified atom stereocenters. The molecule has 0 aliphatic rings. The Bertz CT molecular complexity index is 235. The number of hydrogen-bond donors (Lipinski definition) is 2. The topological polar surface area (TPSA) is 66.0 Å². The monoisotopic (exact) mass is 289 g/mol. The quantitative estimate of drug-likeness (QED) is 0.428. The molecule has 0 bridgehead atoms. The van der Waals surface area contributed by atoms with Crippen LogP contribution in [0.15, 0.2) is 11.5 Å². The molecule has 19 heavy (non-hydrogen) atoms. The van der Waals surface area contributed by atoms with Gasteiger partial charge in [-0.05, 0) is 36.4 Å². The number of unbranched alkanes of at least 4 members (excludes halogenated alkanes) is 6. The Morgan fingerprint density at radius 3 is 2.58 bits per heavy atom. The molecule has 1 amide bonds. The molecule has 0 radical (unpaired) electrons. The zero-order valence-electron chi connectivity index (χ0n) is 12.2. The summed E-state index contributed by atoms with van der Waals surface area (Å²) in [5, 5.41) is 1.67. The lowest BCUT2D eigenvalue weighted by Gasteiger charge is -2.03. The van der Waals surface area contributed by atoms with Gasteiger partial charge in [0.2, 0.25) is 0 Å². The number of hydrogen-bond acceptors (Lipinski definition) is 3. The van der Waals surface area contributed by atoms with E-state index in [4.69, 9.17) is 4.74 Å². The Kier molecular flexibility index (Phi) is 15.1. The SMILES string of the molecule is CCCCCCCCOCCC/C=C/SC(=O)N[NH3+]. The molecule has 4 N–H and O–H groups in total. The molecule has 0 aliphatic carbocycles. The molecule has 0 saturated carbocycles. The van der Waals surface area contributed by atoms with E-state index in [1.54, 1.807) is 5.41 Å². The third kappa shape index (κ3) is 15.4. The third-order valence-corrected chi connectivity index (χ3v) is 3.40. The van der Waals surface area contributed by atoms with Crippen molar-refractivity contribution in [3.8, 4) is 0 Å². The smallest absolute Gasteiger partial charge is 0.327 e. The average molecular weight is 289 g/mol. The number of thioether (sulfide) groups is 1. The van der Waals surface area contributed by atoms with Gasteiger partial charge in [0, 0.05) is 13.2 Å². The van der Waals surface area contributed by atoms with Crippen LogP contribution in [0.4, 0.5) is 4.79 Å². The normalized spacial score (nSPS) is 11.1. The van der Waals surface area contributed by atoms with E-state index in [-0.39, 0.29) is 5.24 Å². The molecule has 112 valence electrons. The highest BCUT2D eigenvalue weighted by atomic mass is 32.2. The van der Waals surface area contributed by atoms with Gasteiger partial charge in [0.1, 0.15) is 0 Å². The van der Waals surface area contributed by atoms with Crippen LogP contribution in [-0.2, 0) is 4.74 Å². The molecule has 0 heterocycles. The number of quaternary nitrogens is 1. The highest BCUT2D eigenvalue weighted by molar-refractivity contribution is 8.16. The number of ether oxygens (including phenoxy) is 1. The van der Waals surface area contributed by atoms with Gasteiger partial charge in [-0.2, -0.15) is 5.43 Å². The fourth-order valence-corrected chi connectivity index (χ4v) is 2.05. The molecule has 0 aromatic heterocycles. The van der Waals surface area contributed by atoms with E-state index in [0.29, 0.717) is 0 Å². The molecule has 4 nitrogen and oxygen atoms in total. The maximum atomic E-state index is 10.8. The van der Waals surface area contributed by atoms with E-state index >= 15 is 0 Å². The number of nitrogens with one attached hydrogen (secondary N) is 1. The molecular weight excluding hydrogens is 260 g/mol. The minimum atomic E-state index is -0.129. The number of carbonyl (C=O) groups is 1. The predicted molar refractivity (Wildman–Crippen MR) is 81.6 cm³/mol. The minimum Gasteiger partial charge on any atom is -0.381 e. The number of carbonyl (C=O) groups excluding carboxylic acids is 1. The summed E-state index contributed by atoms with van der Waals surface area (Å²) in [6.45, 7) is 3.93. The van der Waals surface area contributed by atoms with Crippen molar-refractivity contribution in [1.82, 2.24) is 5.43 Å². The summed E-state index contributed by atoms with van der Waals surface area (Å²) in [5.41, 5.74) is 2.31. The summed E-state index contributed by atoms with van der Waals surface area (Å²) in [5.74, 6) is 3.29. The van der Waals surface area contributed by atoms with Crippen molar-refractivity contribution in [1.29, 1.82) is 0 Å². The standard InChI is InChI=1S/C14H28N2O2S/c1-2-3-4-5-6-8-11-18-12-9-7-10-13-19-14(17)16-15/h10,13H,2-9,11-12,15H2,1H3,(H,16,17)/p+1/b13-10+. The van der Waals surface area contributed by atoms with Crippen LogP contribution in [0.25, 0.3) is 0 Å². The molecule has 0 aliphatic heterocycles. The van der Waals surface area contributed by atoms with Crippen molar-refractivity contribution < 1.29 is 15.4 Å². The van der Waals surface area contributed by atoms with E-state index in [0.717, 1.165) is 37.8 Å². The van der Waals surface area contributed by atoms with E-state index < -0.39 is 0 Å². The summed E-state index contributed by atoms with van der Waals surface area (Å²) in [7, 11) is 0. The first-order valence-corrected chi connectivity index (χ1v) is 8.15. The van der Waals surface area contributed by atoms with Gasteiger partial charge in [-0.1, -0.05) is 45.1 Å². The van der Waals surface area contributed by atoms with Crippen LogP contribution in [0.1, 0.15) is 58.3 Å². The lowest BCUT2D eigenvalue weighted by Crippen LogP contribution is -2.66. The Morgan fingerprint density at radius 2 is 1.84 bits per heavy atom. The van der Waals surface area contributed by atoms with Crippen molar-refractivity contribution in [3.63, 3.8) is 0 Å². The molecule has 0 rings (SSSR count). The third-order valence-electron chi connectivity index (χ3n) is 2.72. The van der Waals surface area contributed by atoms with E-state index in [1.807, 2.05) is 6.08 Å². The largest absolute Gasteiger partial charge is 0.381 e. The second kappa shape index (κ2) is 15.5. The molecule has 0 saturated heterocycles. The lowest BCUT2D eigenvalue weighted by molar-refractivity contribution is -0.420. The zero-order chi connectivity index (χ0) is 14.2. The first kappa shape index (κ1) is 18.5. The van der Waals surface area contributed by atoms with Crippen molar-refractivity contribution in [2.24, 2.45) is 0 Å². The van der Waals surface area contributed by atoms with Crippen LogP contribution >= 0.6 is 11.8 Å². The summed E-state index contributed by atoms with van der Waals surface area (Å²) in [6.07, 6.45) is 11.8. The predicted octanol–water partition coefficient (Wildman–Crippen LogP) is 3.26. The number of allylic oxidation sites excluding steroid dienone is 1. The summed E-state index contributed by atoms with van der Waals surface area (Å²) in [4.78, 5) is 10.8. The summed E-state index contributed by atoms with van der Waals surface area (Å²) < 4.78 is 5.56. The van der Waals surface area contributed by atoms with E-state index in [1.165, 1.54) is 38.5 Å². The first-order valence-electron chi connectivity index (χ1n) is 7.27. The Labute approximate surface area is 121 Å². The number of amides is 1. The van der Waals surface area contributed by atoms with Gasteiger partial charge in [-0.3, -0.25) is 10.6 Å².